The summed E-state index contributed by atoms with van der Waals surface area (Å²) in [5.41, 5.74) is 9.83. The molecule has 0 unspecified atom stereocenters. The molecule has 3 aliphatic heterocycles. The van der Waals surface area contributed by atoms with Crippen molar-refractivity contribution in [3.8, 4) is 0 Å². The maximum atomic E-state index is 5.33. The van der Waals surface area contributed by atoms with Crippen LogP contribution in [0.3, 0.4) is 0 Å². The predicted molar refractivity (Wildman–Crippen MR) is 202 cm³/mol. The van der Waals surface area contributed by atoms with Crippen LogP contribution in [0.5, 0.6) is 0 Å². The molecule has 0 fully saturated rings. The van der Waals surface area contributed by atoms with Crippen molar-refractivity contribution in [3.63, 3.8) is 0 Å². The van der Waals surface area contributed by atoms with Gasteiger partial charge in [0.25, 0.3) is 0 Å². The Kier molecular flexibility index (Phi) is 16.0. The number of anilines is 1. The van der Waals surface area contributed by atoms with Crippen molar-refractivity contribution in [1.82, 2.24) is 35.2 Å². The Morgan fingerprint density at radius 2 is 1.24 bits per heavy atom. The molecule has 0 saturated heterocycles. The minimum Gasteiger partial charge on any atom is -0.370 e. The Bertz CT molecular complexity index is 1480. The van der Waals surface area contributed by atoms with Crippen LogP contribution in [0.15, 0.2) is 0 Å². The average Bonchev–Trinajstić information content (AvgIpc) is 3.54. The molecule has 0 aromatic carbocycles. The van der Waals surface area contributed by atoms with Gasteiger partial charge in [-0.2, -0.15) is 0 Å². The van der Waals surface area contributed by atoms with Gasteiger partial charge in [0.15, 0.2) is 0 Å². The smallest absolute Gasteiger partial charge is 0.133 e. The first kappa shape index (κ1) is 40.4. The maximum Gasteiger partial charge on any atom is 0.133 e. The summed E-state index contributed by atoms with van der Waals surface area (Å²) >= 11 is 0. The molecule has 0 amide bonds. The molecule has 0 bridgehead atoms. The van der Waals surface area contributed by atoms with Crippen molar-refractivity contribution in [2.24, 2.45) is 5.92 Å². The van der Waals surface area contributed by atoms with Crippen LogP contribution >= 0.6 is 0 Å². The molecule has 3 aromatic rings. The fraction of sp³-hybridized carbons (Fsp3) is 0.700. The SMILES string of the molecule is CC(C)Cc1nc(C(C)C)nc2c1CCNC2.CC(C)c1nc2c(c(C(C)C)n1)CCCN2.CCC.Cc1nc(C(C)C)nc2c1COC2. The van der Waals surface area contributed by atoms with Gasteiger partial charge in [0, 0.05) is 53.4 Å². The average molecular weight is 675 g/mol. The van der Waals surface area contributed by atoms with Gasteiger partial charge >= 0.3 is 0 Å². The van der Waals surface area contributed by atoms with Crippen LogP contribution < -0.4 is 10.6 Å². The molecule has 49 heavy (non-hydrogen) atoms. The molecule has 6 heterocycles. The molecule has 2 N–H and O–H groups in total. The normalized spacial score (nSPS) is 14.7. The number of hydrogen-bond donors (Lipinski definition) is 2. The van der Waals surface area contributed by atoms with Crippen LogP contribution in [0.4, 0.5) is 5.82 Å². The standard InChI is InChI=1S/C14H23N3.C13H21N3.C10H14N2O.C3H8/c1-9(2)7-12-11-5-6-15-8-13(11)17-14(16-12)10(3)4;1-8(2)11-10-6-5-7-14-13(10)16-12(15-11)9(3)4;1-6(2)10-11-7(3)8-4-13-5-9(8)12-10;1-3-2/h9-10,15H,5-8H2,1-4H3;8-9H,5-7H2,1-4H3,(H,14,15,16);6H,4-5H2,1-3H3;3H2,1-2H3. The number of ether oxygens (including phenoxy) is 1. The van der Waals surface area contributed by atoms with Crippen LogP contribution in [0.2, 0.25) is 0 Å². The molecule has 3 aliphatic rings. The molecule has 3 aromatic heterocycles. The summed E-state index contributed by atoms with van der Waals surface area (Å²) in [5.74, 6) is 6.32. The molecule has 272 valence electrons. The number of aryl methyl sites for hydroxylation is 1. The van der Waals surface area contributed by atoms with Gasteiger partial charge in [-0.1, -0.05) is 89.5 Å². The van der Waals surface area contributed by atoms with E-state index in [1.54, 1.807) is 0 Å². The second kappa shape index (κ2) is 19.4. The molecule has 0 saturated carbocycles. The minimum atomic E-state index is 0.393. The monoisotopic (exact) mass is 675 g/mol. The van der Waals surface area contributed by atoms with Gasteiger partial charge in [-0.05, 0) is 56.6 Å². The van der Waals surface area contributed by atoms with Gasteiger partial charge in [0.05, 0.1) is 30.3 Å². The van der Waals surface area contributed by atoms with E-state index in [4.69, 9.17) is 19.7 Å². The summed E-state index contributed by atoms with van der Waals surface area (Å²) in [7, 11) is 0. The second-order valence-corrected chi connectivity index (χ2v) is 15.2. The predicted octanol–water partition coefficient (Wildman–Crippen LogP) is 8.88. The highest BCUT2D eigenvalue weighted by molar-refractivity contribution is 5.49. The van der Waals surface area contributed by atoms with Crippen LogP contribution in [-0.2, 0) is 43.8 Å². The van der Waals surface area contributed by atoms with E-state index in [9.17, 15) is 0 Å². The van der Waals surface area contributed by atoms with Crippen molar-refractivity contribution in [2.45, 2.75) is 166 Å². The molecule has 0 aliphatic carbocycles. The lowest BCUT2D eigenvalue weighted by atomic mass is 9.97. The van der Waals surface area contributed by atoms with Crippen molar-refractivity contribution in [2.75, 3.05) is 18.4 Å². The second-order valence-electron chi connectivity index (χ2n) is 15.2. The molecule has 9 heteroatoms. The zero-order chi connectivity index (χ0) is 36.2. The molecular formula is C40H66N8O. The van der Waals surface area contributed by atoms with Crippen molar-refractivity contribution in [3.05, 3.63) is 62.6 Å². The van der Waals surface area contributed by atoms with Crippen LogP contribution in [0, 0.1) is 12.8 Å². The lowest BCUT2D eigenvalue weighted by Crippen LogP contribution is -2.27. The van der Waals surface area contributed by atoms with E-state index in [2.05, 4.69) is 109 Å². The third kappa shape index (κ3) is 11.5. The number of nitrogens with zero attached hydrogens (tertiary/aromatic N) is 6. The molecule has 0 spiro atoms. The van der Waals surface area contributed by atoms with E-state index in [1.165, 1.54) is 46.6 Å². The molecule has 9 nitrogen and oxygen atoms in total. The Hall–Kier alpha value is -3.04. The maximum absolute atomic E-state index is 5.33. The molecular weight excluding hydrogens is 608 g/mol. The summed E-state index contributed by atoms with van der Waals surface area (Å²) in [5, 5.41) is 6.80. The van der Waals surface area contributed by atoms with E-state index in [0.29, 0.717) is 42.8 Å². The van der Waals surface area contributed by atoms with Crippen LogP contribution in [0.1, 0.15) is 182 Å². The van der Waals surface area contributed by atoms with Crippen LogP contribution in [-0.4, -0.2) is 43.0 Å². The van der Waals surface area contributed by atoms with Gasteiger partial charge in [-0.25, -0.2) is 29.9 Å². The van der Waals surface area contributed by atoms with Gasteiger partial charge in [-0.3, -0.25) is 0 Å². The molecule has 0 atom stereocenters. The zero-order valence-electron chi connectivity index (χ0n) is 33.0. The van der Waals surface area contributed by atoms with E-state index < -0.39 is 0 Å². The number of nitrogens with one attached hydrogen (secondary N) is 2. The minimum absolute atomic E-state index is 0.393. The first-order valence-corrected chi connectivity index (χ1v) is 18.9. The molecule has 6 rings (SSSR count). The Labute approximate surface area is 297 Å². The van der Waals surface area contributed by atoms with E-state index >= 15 is 0 Å². The Morgan fingerprint density at radius 1 is 0.633 bits per heavy atom. The highest BCUT2D eigenvalue weighted by Crippen LogP contribution is 2.29. The highest BCUT2D eigenvalue weighted by atomic mass is 16.5. The van der Waals surface area contributed by atoms with Gasteiger partial charge < -0.3 is 15.4 Å². The van der Waals surface area contributed by atoms with Crippen molar-refractivity contribution < 1.29 is 4.74 Å². The summed E-state index contributed by atoms with van der Waals surface area (Å²) < 4.78 is 5.33. The van der Waals surface area contributed by atoms with E-state index in [0.717, 1.165) is 73.6 Å². The van der Waals surface area contributed by atoms with Gasteiger partial charge in [0.1, 0.15) is 23.3 Å². The van der Waals surface area contributed by atoms with E-state index in [-0.39, 0.29) is 0 Å². The number of rotatable bonds is 6. The van der Waals surface area contributed by atoms with Crippen LogP contribution in [0.25, 0.3) is 0 Å². The summed E-state index contributed by atoms with van der Waals surface area (Å²) in [4.78, 5) is 27.8. The largest absolute Gasteiger partial charge is 0.370 e. The van der Waals surface area contributed by atoms with Gasteiger partial charge in [0.2, 0.25) is 0 Å². The Morgan fingerprint density at radius 3 is 1.86 bits per heavy atom. The third-order valence-corrected chi connectivity index (χ3v) is 8.49. The number of aromatic nitrogens is 6. The van der Waals surface area contributed by atoms with Gasteiger partial charge in [-0.15, -0.1) is 0 Å². The third-order valence-electron chi connectivity index (χ3n) is 8.49. The highest BCUT2D eigenvalue weighted by Gasteiger charge is 2.21. The number of hydrogen-bond acceptors (Lipinski definition) is 9. The number of fused-ring (bicyclic) bond motifs is 3. The Balaban J connectivity index is 0.000000193. The van der Waals surface area contributed by atoms with Crippen molar-refractivity contribution >= 4 is 5.82 Å². The summed E-state index contributed by atoms with van der Waals surface area (Å²) in [6, 6.07) is 0. The summed E-state index contributed by atoms with van der Waals surface area (Å²) in [6.45, 7) is 32.4. The topological polar surface area (TPSA) is 111 Å². The van der Waals surface area contributed by atoms with Crippen molar-refractivity contribution in [1.29, 1.82) is 0 Å². The zero-order valence-corrected chi connectivity index (χ0v) is 33.0. The lowest BCUT2D eigenvalue weighted by Gasteiger charge is -2.22. The fourth-order valence-corrected chi connectivity index (χ4v) is 5.89. The first-order chi connectivity index (χ1) is 23.3. The summed E-state index contributed by atoms with van der Waals surface area (Å²) in [6.07, 6.45) is 5.71. The molecule has 0 radical (unpaired) electrons. The van der Waals surface area contributed by atoms with E-state index in [1.807, 2.05) is 6.92 Å². The quantitative estimate of drug-likeness (QED) is 0.265. The lowest BCUT2D eigenvalue weighted by molar-refractivity contribution is 0.133. The first-order valence-electron chi connectivity index (χ1n) is 18.9. The fourth-order valence-electron chi connectivity index (χ4n) is 5.89.